The van der Waals surface area contributed by atoms with Crippen LogP contribution in [0.1, 0.15) is 359 Å². The summed E-state index contributed by atoms with van der Waals surface area (Å²) in [4.78, 5) is 0. The third kappa shape index (κ3) is 21.7. The van der Waals surface area contributed by atoms with E-state index in [1.165, 1.54) is 357 Å². The van der Waals surface area contributed by atoms with E-state index in [-0.39, 0.29) is 5.41 Å². The van der Waals surface area contributed by atoms with Gasteiger partial charge in [0.25, 0.3) is 0 Å². The molecule has 1 aliphatic rings. The molecule has 0 N–H and O–H groups in total. The Kier molecular flexibility index (Phi) is 33.5. The van der Waals surface area contributed by atoms with Gasteiger partial charge in [0.1, 0.15) is 0 Å². The van der Waals surface area contributed by atoms with Gasteiger partial charge in [0, 0.05) is 14.8 Å². The van der Waals surface area contributed by atoms with Crippen molar-refractivity contribution in [2.45, 2.75) is 355 Å². The van der Waals surface area contributed by atoms with Gasteiger partial charge in [-0.05, 0) is 171 Å². The molecule has 85 heavy (non-hydrogen) atoms. The minimum Gasteiger partial charge on any atom is -0.128 e. The SMILES string of the molecule is CCCCCCCCCCC(CCCCCCCC)Cc1cc2cc3c(cc2c2sc(Br)cc12)C(CCCCCCCC)(CCCCCCCC)c1cc2c(cc1-3)cc(CC(CCCCCCCC)CCCCCCCCCC)c1cc(Br)sc12. The Morgan fingerprint density at radius 3 is 0.871 bits per heavy atom. The topological polar surface area (TPSA) is 0 Å². The first kappa shape index (κ1) is 70.7. The van der Waals surface area contributed by atoms with E-state index in [1.54, 1.807) is 33.4 Å². The van der Waals surface area contributed by atoms with E-state index in [2.05, 4.69) is 122 Å². The highest BCUT2D eigenvalue weighted by Gasteiger charge is 2.43. The lowest BCUT2D eigenvalue weighted by molar-refractivity contribution is 0.398. The van der Waals surface area contributed by atoms with Crippen LogP contribution in [0.2, 0.25) is 0 Å². The molecule has 0 aliphatic heterocycles. The van der Waals surface area contributed by atoms with Crippen molar-refractivity contribution in [2.24, 2.45) is 11.8 Å². The van der Waals surface area contributed by atoms with Crippen LogP contribution in [-0.4, -0.2) is 0 Å². The second-order valence-corrected chi connectivity index (χ2v) is 32.7. The molecule has 1 aliphatic carbocycles. The lowest BCUT2D eigenvalue weighted by atomic mass is 9.70. The van der Waals surface area contributed by atoms with Crippen molar-refractivity contribution in [1.82, 2.24) is 0 Å². The predicted octanol–water partition coefficient (Wildman–Crippen LogP) is 30.6. The molecule has 0 spiro atoms. The summed E-state index contributed by atoms with van der Waals surface area (Å²) in [6, 6.07) is 21.7. The zero-order valence-electron chi connectivity index (χ0n) is 55.8. The number of hydrogen-bond donors (Lipinski definition) is 0. The Balaban J connectivity index is 1.31. The Morgan fingerprint density at radius 1 is 0.306 bits per heavy atom. The van der Waals surface area contributed by atoms with Crippen molar-refractivity contribution >= 4 is 96.3 Å². The van der Waals surface area contributed by atoms with Crippen molar-refractivity contribution in [1.29, 1.82) is 0 Å². The fourth-order valence-corrected chi connectivity index (χ4v) is 19.0. The molecule has 6 aromatic rings. The van der Waals surface area contributed by atoms with Crippen LogP contribution in [0.3, 0.4) is 0 Å². The Hall–Kier alpha value is -1.72. The Morgan fingerprint density at radius 2 is 0.576 bits per heavy atom. The van der Waals surface area contributed by atoms with Crippen molar-refractivity contribution < 1.29 is 0 Å². The molecular formula is C81H124Br2S2. The molecule has 4 aromatic carbocycles. The lowest BCUT2D eigenvalue weighted by Gasteiger charge is -2.33. The monoisotopic (exact) mass is 1320 g/mol. The van der Waals surface area contributed by atoms with E-state index >= 15 is 0 Å². The first-order valence-corrected chi connectivity index (χ1v) is 40.4. The summed E-state index contributed by atoms with van der Waals surface area (Å²) in [5.74, 6) is 1.51. The zero-order chi connectivity index (χ0) is 59.9. The number of rotatable bonds is 50. The first-order chi connectivity index (χ1) is 41.8. The van der Waals surface area contributed by atoms with Gasteiger partial charge in [0.15, 0.2) is 0 Å². The van der Waals surface area contributed by atoms with Gasteiger partial charge < -0.3 is 0 Å². The van der Waals surface area contributed by atoms with Gasteiger partial charge in [0.2, 0.25) is 0 Å². The fourth-order valence-electron chi connectivity index (χ4n) is 15.7. The molecule has 2 heterocycles. The van der Waals surface area contributed by atoms with Crippen LogP contribution in [0.15, 0.2) is 56.1 Å². The van der Waals surface area contributed by atoms with Gasteiger partial charge in [-0.1, -0.05) is 336 Å². The van der Waals surface area contributed by atoms with Crippen LogP contribution < -0.4 is 0 Å². The van der Waals surface area contributed by atoms with Crippen LogP contribution in [-0.2, 0) is 18.3 Å². The highest BCUT2D eigenvalue weighted by Crippen LogP contribution is 2.58. The summed E-state index contributed by atoms with van der Waals surface area (Å²) >= 11 is 12.3. The molecule has 2 atom stereocenters. The highest BCUT2D eigenvalue weighted by atomic mass is 79.9. The second-order valence-electron chi connectivity index (χ2n) is 27.8. The smallest absolute Gasteiger partial charge is 0.0711 e. The van der Waals surface area contributed by atoms with Crippen LogP contribution in [0, 0.1) is 11.8 Å². The van der Waals surface area contributed by atoms with Gasteiger partial charge in [-0.3, -0.25) is 0 Å². The van der Waals surface area contributed by atoms with Crippen molar-refractivity contribution in [3.8, 4) is 11.1 Å². The summed E-state index contributed by atoms with van der Waals surface area (Å²) in [7, 11) is 0. The maximum absolute atomic E-state index is 4.13. The largest absolute Gasteiger partial charge is 0.128 e. The van der Waals surface area contributed by atoms with Gasteiger partial charge in [-0.25, -0.2) is 0 Å². The summed E-state index contributed by atoms with van der Waals surface area (Å²) in [6.45, 7) is 14.1. The number of unbranched alkanes of at least 4 members (excludes halogenated alkanes) is 34. The van der Waals surface area contributed by atoms with E-state index in [0.29, 0.717) is 0 Å². The Labute approximate surface area is 548 Å². The van der Waals surface area contributed by atoms with E-state index in [0.717, 1.165) is 11.8 Å². The number of halogens is 2. The van der Waals surface area contributed by atoms with E-state index in [9.17, 15) is 0 Å². The van der Waals surface area contributed by atoms with Crippen LogP contribution in [0.25, 0.3) is 52.8 Å². The third-order valence-electron chi connectivity index (χ3n) is 20.7. The normalized spacial score (nSPS) is 13.8. The van der Waals surface area contributed by atoms with E-state index in [1.807, 2.05) is 22.7 Å². The van der Waals surface area contributed by atoms with Gasteiger partial charge >= 0.3 is 0 Å². The minimum absolute atomic E-state index is 0.0119. The third-order valence-corrected chi connectivity index (χ3v) is 24.1. The summed E-state index contributed by atoms with van der Waals surface area (Å²) < 4.78 is 5.64. The van der Waals surface area contributed by atoms with Crippen molar-refractivity contribution in [3.05, 3.63) is 78.4 Å². The quantitative estimate of drug-likeness (QED) is 0.0334. The molecule has 0 amide bonds. The molecular weight excluding hydrogens is 1200 g/mol. The van der Waals surface area contributed by atoms with Crippen molar-refractivity contribution in [2.75, 3.05) is 0 Å². The highest BCUT2D eigenvalue weighted by molar-refractivity contribution is 9.11. The number of benzene rings is 4. The zero-order valence-corrected chi connectivity index (χ0v) is 60.6. The molecule has 7 rings (SSSR count). The Bertz CT molecular complexity index is 2600. The van der Waals surface area contributed by atoms with E-state index < -0.39 is 0 Å². The average Bonchev–Trinajstić information content (AvgIpc) is 1.66. The molecule has 0 saturated carbocycles. The van der Waals surface area contributed by atoms with Gasteiger partial charge in [-0.2, -0.15) is 0 Å². The summed E-state index contributed by atoms with van der Waals surface area (Å²) in [6.07, 6.45) is 65.8. The number of hydrogen-bond acceptors (Lipinski definition) is 2. The standard InChI is InChI=1S/C81H124Br2S2/c1-7-13-19-25-31-33-37-43-49-63(47-41-35-27-21-15-9-3)53-65-55-67-57-73-74-58-68-56-66(54-64(48-42-36-28-22-16-10-4)50-44-38-34-32-26-20-14-8-2)72-62-78(83)85-80(72)70(68)60-76(74)81(51-45-39-29-23-17-11-5,52-46-40-30-24-18-12-6)75(73)59-69(67)79-71(65)61-77(82)84-79/h55-64H,7-54H2,1-6H3. The molecule has 0 fully saturated rings. The number of fused-ring (bicyclic) bond motifs is 9. The van der Waals surface area contributed by atoms with E-state index in [4.69, 9.17) is 0 Å². The first-order valence-electron chi connectivity index (χ1n) is 37.2. The second kappa shape index (κ2) is 40.2. The molecule has 0 nitrogen and oxygen atoms in total. The van der Waals surface area contributed by atoms with Gasteiger partial charge in [0.05, 0.1) is 7.57 Å². The predicted molar refractivity (Wildman–Crippen MR) is 395 cm³/mol. The maximum Gasteiger partial charge on any atom is 0.0711 e. The molecule has 4 heteroatoms. The van der Waals surface area contributed by atoms with Gasteiger partial charge in [-0.15, -0.1) is 22.7 Å². The molecule has 0 saturated heterocycles. The minimum atomic E-state index is 0.0119. The van der Waals surface area contributed by atoms with Crippen molar-refractivity contribution in [3.63, 3.8) is 0 Å². The fraction of sp³-hybridized carbons (Fsp3) is 0.704. The average molecular weight is 1320 g/mol. The van der Waals surface area contributed by atoms with Crippen LogP contribution >= 0.6 is 54.5 Å². The summed E-state index contributed by atoms with van der Waals surface area (Å²) in [5.41, 5.74) is 9.69. The maximum atomic E-state index is 4.13. The summed E-state index contributed by atoms with van der Waals surface area (Å²) in [5, 5.41) is 9.05. The van der Waals surface area contributed by atoms with Crippen LogP contribution in [0.5, 0.6) is 0 Å². The lowest BCUT2D eigenvalue weighted by Crippen LogP contribution is -2.25. The number of thiophene rings is 2. The molecule has 0 bridgehead atoms. The molecule has 474 valence electrons. The molecule has 2 unspecified atom stereocenters. The molecule has 2 aromatic heterocycles. The van der Waals surface area contributed by atoms with Crippen LogP contribution in [0.4, 0.5) is 0 Å². The molecule has 0 radical (unpaired) electrons.